The number of amides is 1. The molecular formula is C29H37F2N5O2. The van der Waals surface area contributed by atoms with Crippen molar-refractivity contribution in [3.63, 3.8) is 0 Å². The van der Waals surface area contributed by atoms with Crippen LogP contribution in [0.2, 0.25) is 0 Å². The number of nitriles is 1. The van der Waals surface area contributed by atoms with E-state index in [-0.39, 0.29) is 31.2 Å². The number of anilines is 1. The maximum atomic E-state index is 14.2. The summed E-state index contributed by atoms with van der Waals surface area (Å²) in [5, 5.41) is 8.59. The molecular weight excluding hydrogens is 488 g/mol. The predicted molar refractivity (Wildman–Crippen MR) is 144 cm³/mol. The number of carbonyl (C=O) groups is 1. The number of nitrogens with zero attached hydrogens (tertiary/aromatic N) is 5. The molecule has 1 spiro atoms. The molecule has 7 nitrogen and oxygen atoms in total. The normalized spacial score (nSPS) is 22.7. The third kappa shape index (κ3) is 6.72. The first-order chi connectivity index (χ1) is 17.8. The molecule has 0 radical (unpaired) electrons. The van der Waals surface area contributed by atoms with Gasteiger partial charge in [0.25, 0.3) is 5.92 Å². The molecule has 4 rings (SSSR count). The zero-order chi connectivity index (χ0) is 28.1. The zero-order valence-corrected chi connectivity index (χ0v) is 23.1. The van der Waals surface area contributed by atoms with E-state index in [0.29, 0.717) is 24.2 Å². The number of halogens is 2. The maximum Gasteiger partial charge on any atom is 0.416 e. The van der Waals surface area contributed by atoms with Crippen molar-refractivity contribution in [2.24, 2.45) is 10.9 Å². The minimum atomic E-state index is -2.69. The van der Waals surface area contributed by atoms with Crippen LogP contribution in [0.25, 0.3) is 0 Å². The minimum Gasteiger partial charge on any atom is -0.441 e. The van der Waals surface area contributed by atoms with Crippen LogP contribution in [0.1, 0.15) is 83.5 Å². The molecule has 1 aliphatic carbocycles. The van der Waals surface area contributed by atoms with Gasteiger partial charge in [-0.2, -0.15) is 5.26 Å². The fourth-order valence-corrected chi connectivity index (χ4v) is 4.85. The van der Waals surface area contributed by atoms with E-state index in [4.69, 9.17) is 10.00 Å². The molecule has 38 heavy (non-hydrogen) atoms. The number of aromatic nitrogens is 2. The van der Waals surface area contributed by atoms with E-state index in [1.54, 1.807) is 24.7 Å². The van der Waals surface area contributed by atoms with Crippen molar-refractivity contribution in [2.45, 2.75) is 90.6 Å². The molecule has 2 heterocycles. The van der Waals surface area contributed by atoms with Crippen molar-refractivity contribution < 1.29 is 18.3 Å². The number of carbonyl (C=O) groups excluding carboxylic acids is 1. The van der Waals surface area contributed by atoms with Gasteiger partial charge >= 0.3 is 6.09 Å². The molecule has 0 N–H and O–H groups in total. The molecule has 1 aliphatic heterocycles. The van der Waals surface area contributed by atoms with Crippen molar-refractivity contribution in [2.75, 3.05) is 11.4 Å². The average Bonchev–Trinajstić information content (AvgIpc) is 3.19. The highest BCUT2D eigenvalue weighted by Crippen LogP contribution is 2.49. The van der Waals surface area contributed by atoms with Gasteiger partial charge in [-0.05, 0) is 56.9 Å². The molecule has 1 amide bonds. The highest BCUT2D eigenvalue weighted by molar-refractivity contribution is 5.89. The number of hydrogen-bond acceptors (Lipinski definition) is 6. The first-order valence-corrected chi connectivity index (χ1v) is 13.0. The van der Waals surface area contributed by atoms with Crippen LogP contribution >= 0.6 is 0 Å². The van der Waals surface area contributed by atoms with Gasteiger partial charge in [-0.1, -0.05) is 34.1 Å². The lowest BCUT2D eigenvalue weighted by Crippen LogP contribution is -2.47. The number of hydrogen-bond donors (Lipinski definition) is 0. The summed E-state index contributed by atoms with van der Waals surface area (Å²) in [5.74, 6) is -3.03. The van der Waals surface area contributed by atoms with Gasteiger partial charge in [0.1, 0.15) is 5.60 Å². The molecule has 1 saturated heterocycles. The highest BCUT2D eigenvalue weighted by atomic mass is 19.3. The van der Waals surface area contributed by atoms with Crippen molar-refractivity contribution in [3.8, 4) is 6.07 Å². The van der Waals surface area contributed by atoms with Gasteiger partial charge in [-0.15, -0.1) is 0 Å². The first-order valence-electron chi connectivity index (χ1n) is 13.0. The molecule has 1 saturated carbocycles. The number of ether oxygens (including phenoxy) is 1. The summed E-state index contributed by atoms with van der Waals surface area (Å²) in [5.41, 5.74) is 2.49. The molecule has 2 atom stereocenters. The molecule has 2 aliphatic rings. The Morgan fingerprint density at radius 2 is 2.00 bits per heavy atom. The Balaban J connectivity index is 0.000000279. The van der Waals surface area contributed by atoms with Crippen LogP contribution in [-0.4, -0.2) is 40.3 Å². The number of aliphatic imine (C=N–C) groups is 1. The Hall–Kier alpha value is -3.41. The standard InChI is InChI=1S/C19H27F2N3O2.C10H10N2/c1-5-6-13-9-18(7-8-19(13,20)21)12-24(16(25)26-18)15-11-22-14(10-23-15)17(2,3)4;1-3-12-10-5-4-9(7-11)6-8(10)2/h10-11,13H,5-9,12H2,1-4H3;3-6H,1-2H3. The van der Waals surface area contributed by atoms with Gasteiger partial charge in [0, 0.05) is 24.0 Å². The molecule has 9 heteroatoms. The monoisotopic (exact) mass is 525 g/mol. The van der Waals surface area contributed by atoms with Crippen molar-refractivity contribution in [1.29, 1.82) is 5.26 Å². The van der Waals surface area contributed by atoms with Crippen LogP contribution in [0.4, 0.5) is 25.1 Å². The summed E-state index contributed by atoms with van der Waals surface area (Å²) < 4.78 is 34.0. The summed E-state index contributed by atoms with van der Waals surface area (Å²) in [4.78, 5) is 26.7. The van der Waals surface area contributed by atoms with Gasteiger partial charge in [-0.3, -0.25) is 14.9 Å². The average molecular weight is 526 g/mol. The molecule has 2 aromatic rings. The highest BCUT2D eigenvalue weighted by Gasteiger charge is 2.56. The summed E-state index contributed by atoms with van der Waals surface area (Å²) in [7, 11) is 0. The van der Waals surface area contributed by atoms with Crippen LogP contribution in [0.3, 0.4) is 0 Å². The first kappa shape index (κ1) is 29.2. The van der Waals surface area contributed by atoms with Crippen molar-refractivity contribution in [3.05, 3.63) is 47.4 Å². The second-order valence-corrected chi connectivity index (χ2v) is 11.1. The van der Waals surface area contributed by atoms with E-state index in [1.165, 1.54) is 4.90 Å². The van der Waals surface area contributed by atoms with Crippen LogP contribution < -0.4 is 4.90 Å². The number of rotatable bonds is 4. The van der Waals surface area contributed by atoms with E-state index in [2.05, 4.69) is 21.0 Å². The lowest BCUT2D eigenvalue weighted by Gasteiger charge is -2.40. The van der Waals surface area contributed by atoms with Crippen LogP contribution in [0.5, 0.6) is 0 Å². The smallest absolute Gasteiger partial charge is 0.416 e. The van der Waals surface area contributed by atoms with Gasteiger partial charge < -0.3 is 4.74 Å². The Bertz CT molecular complexity index is 1200. The molecule has 204 valence electrons. The Morgan fingerprint density at radius 3 is 2.55 bits per heavy atom. The minimum absolute atomic E-state index is 0.138. The van der Waals surface area contributed by atoms with E-state index >= 15 is 0 Å². The largest absolute Gasteiger partial charge is 0.441 e. The summed E-state index contributed by atoms with van der Waals surface area (Å²) >= 11 is 0. The van der Waals surface area contributed by atoms with Crippen molar-refractivity contribution in [1.82, 2.24) is 9.97 Å². The summed E-state index contributed by atoms with van der Waals surface area (Å²) in [6.07, 6.45) is 5.69. The number of aryl methyl sites for hydroxylation is 1. The van der Waals surface area contributed by atoms with Gasteiger partial charge in [0.15, 0.2) is 5.82 Å². The molecule has 1 aromatic carbocycles. The zero-order valence-electron chi connectivity index (χ0n) is 23.1. The third-order valence-electron chi connectivity index (χ3n) is 7.01. The SMILES string of the molecule is CC=Nc1ccc(C#N)cc1C.CCCC1CC2(CCC1(F)F)CN(c1cnc(C(C)(C)C)cn1)C(=O)O2. The predicted octanol–water partition coefficient (Wildman–Crippen LogP) is 7.29. The lowest BCUT2D eigenvalue weighted by molar-refractivity contribution is -0.137. The van der Waals surface area contributed by atoms with Crippen molar-refractivity contribution >= 4 is 23.8 Å². The van der Waals surface area contributed by atoms with E-state index in [9.17, 15) is 13.6 Å². The maximum absolute atomic E-state index is 14.2. The van der Waals surface area contributed by atoms with E-state index in [0.717, 1.165) is 16.9 Å². The fourth-order valence-electron chi connectivity index (χ4n) is 4.85. The number of alkyl halides is 2. The Kier molecular flexibility index (Phi) is 8.86. The molecule has 2 fully saturated rings. The second kappa shape index (κ2) is 11.5. The van der Waals surface area contributed by atoms with Gasteiger partial charge in [0.05, 0.1) is 42.0 Å². The quantitative estimate of drug-likeness (QED) is 0.391. The molecule has 0 bridgehead atoms. The van der Waals surface area contributed by atoms with Gasteiger partial charge in [-0.25, -0.2) is 18.6 Å². The van der Waals surface area contributed by atoms with Gasteiger partial charge in [0.2, 0.25) is 0 Å². The van der Waals surface area contributed by atoms with Crippen LogP contribution in [0, 0.1) is 24.2 Å². The van der Waals surface area contributed by atoms with E-state index < -0.39 is 23.5 Å². The molecule has 2 unspecified atom stereocenters. The molecule has 1 aromatic heterocycles. The Labute approximate surface area is 224 Å². The van der Waals surface area contributed by atoms with Crippen LogP contribution in [0.15, 0.2) is 35.6 Å². The topological polar surface area (TPSA) is 91.5 Å². The third-order valence-corrected chi connectivity index (χ3v) is 7.01. The second-order valence-electron chi connectivity index (χ2n) is 11.1. The fraction of sp³-hybridized carbons (Fsp3) is 0.552. The van der Waals surface area contributed by atoms with Crippen LogP contribution in [-0.2, 0) is 10.2 Å². The number of benzene rings is 1. The lowest BCUT2D eigenvalue weighted by atomic mass is 9.74. The summed E-state index contributed by atoms with van der Waals surface area (Å²) in [6.45, 7) is 12.1. The summed E-state index contributed by atoms with van der Waals surface area (Å²) in [6, 6.07) is 7.55. The Morgan fingerprint density at radius 1 is 1.26 bits per heavy atom. The van der Waals surface area contributed by atoms with E-state index in [1.807, 2.05) is 53.7 Å².